The average molecular weight is 357 g/mol. The number of benzene rings is 2. The van der Waals surface area contributed by atoms with Gasteiger partial charge >= 0.3 is 0 Å². The summed E-state index contributed by atoms with van der Waals surface area (Å²) in [5, 5.41) is 2.98. The van der Waals surface area contributed by atoms with Gasteiger partial charge in [-0.25, -0.2) is 0 Å². The molecule has 0 aromatic heterocycles. The summed E-state index contributed by atoms with van der Waals surface area (Å²) in [5.41, 5.74) is 2.01. The van der Waals surface area contributed by atoms with Crippen molar-refractivity contribution in [1.29, 1.82) is 0 Å². The maximum absolute atomic E-state index is 12.5. The minimum atomic E-state index is -0.592. The Labute approximate surface area is 155 Å². The molecule has 0 aliphatic carbocycles. The number of aryl methyl sites for hydroxylation is 1. The van der Waals surface area contributed by atoms with Gasteiger partial charge in [0.05, 0.1) is 20.3 Å². The largest absolute Gasteiger partial charge is 0.493 e. The van der Waals surface area contributed by atoms with Crippen LogP contribution in [-0.2, 0) is 11.2 Å². The summed E-state index contributed by atoms with van der Waals surface area (Å²) in [6.45, 7) is 5.74. The zero-order chi connectivity index (χ0) is 19.1. The van der Waals surface area contributed by atoms with Gasteiger partial charge in [-0.3, -0.25) is 4.79 Å². The molecule has 2 rings (SSSR count). The molecule has 2 aromatic carbocycles. The van der Waals surface area contributed by atoms with Gasteiger partial charge in [-0.05, 0) is 49.6 Å². The molecule has 0 aliphatic heterocycles. The van der Waals surface area contributed by atoms with Crippen molar-refractivity contribution in [3.05, 3.63) is 53.6 Å². The van der Waals surface area contributed by atoms with Crippen LogP contribution in [0.3, 0.4) is 0 Å². The lowest BCUT2D eigenvalue weighted by Gasteiger charge is -2.21. The summed E-state index contributed by atoms with van der Waals surface area (Å²) in [7, 11) is 3.18. The highest BCUT2D eigenvalue weighted by molar-refractivity contribution is 5.81. The van der Waals surface area contributed by atoms with Crippen molar-refractivity contribution >= 4 is 5.91 Å². The molecule has 0 saturated carbocycles. The van der Waals surface area contributed by atoms with Crippen molar-refractivity contribution < 1.29 is 19.0 Å². The smallest absolute Gasteiger partial charge is 0.261 e. The lowest BCUT2D eigenvalue weighted by Crippen LogP contribution is -2.37. The molecule has 26 heavy (non-hydrogen) atoms. The third-order valence-electron chi connectivity index (χ3n) is 4.29. The van der Waals surface area contributed by atoms with Crippen molar-refractivity contribution in [2.75, 3.05) is 14.2 Å². The van der Waals surface area contributed by atoms with Gasteiger partial charge in [0.1, 0.15) is 5.75 Å². The molecular formula is C21H27NO4. The molecule has 0 aliphatic rings. The van der Waals surface area contributed by atoms with Crippen LogP contribution in [-0.4, -0.2) is 26.2 Å². The molecule has 2 atom stereocenters. The van der Waals surface area contributed by atoms with E-state index >= 15 is 0 Å². The highest BCUT2D eigenvalue weighted by Crippen LogP contribution is 2.30. The summed E-state index contributed by atoms with van der Waals surface area (Å²) >= 11 is 0. The first-order valence-corrected chi connectivity index (χ1v) is 8.77. The van der Waals surface area contributed by atoms with Gasteiger partial charge in [-0.2, -0.15) is 0 Å². The van der Waals surface area contributed by atoms with Gasteiger partial charge in [0.15, 0.2) is 17.6 Å². The molecule has 2 aromatic rings. The normalized spacial score (nSPS) is 12.8. The molecule has 5 heteroatoms. The molecule has 0 saturated heterocycles. The Morgan fingerprint density at radius 2 is 1.69 bits per heavy atom. The Kier molecular flexibility index (Phi) is 6.89. The number of rotatable bonds is 8. The zero-order valence-corrected chi connectivity index (χ0v) is 16.0. The quantitative estimate of drug-likeness (QED) is 0.778. The number of methoxy groups -OCH3 is 2. The third-order valence-corrected chi connectivity index (χ3v) is 4.29. The van der Waals surface area contributed by atoms with E-state index < -0.39 is 6.10 Å². The van der Waals surface area contributed by atoms with Gasteiger partial charge in [0.25, 0.3) is 5.91 Å². The van der Waals surface area contributed by atoms with Gasteiger partial charge < -0.3 is 19.5 Å². The minimum absolute atomic E-state index is 0.168. The molecule has 0 heterocycles. The van der Waals surface area contributed by atoms with E-state index in [0.29, 0.717) is 11.5 Å². The minimum Gasteiger partial charge on any atom is -0.493 e. The molecule has 0 unspecified atom stereocenters. The lowest BCUT2D eigenvalue weighted by molar-refractivity contribution is -0.127. The first-order valence-electron chi connectivity index (χ1n) is 8.77. The lowest BCUT2D eigenvalue weighted by atomic mass is 10.1. The second-order valence-electron chi connectivity index (χ2n) is 6.07. The highest BCUT2D eigenvalue weighted by Gasteiger charge is 2.19. The first-order chi connectivity index (χ1) is 12.5. The number of nitrogens with one attached hydrogen (secondary N) is 1. The number of hydrogen-bond acceptors (Lipinski definition) is 4. The Morgan fingerprint density at radius 3 is 2.35 bits per heavy atom. The van der Waals surface area contributed by atoms with E-state index in [1.807, 2.05) is 49.4 Å². The average Bonchev–Trinajstić information content (AvgIpc) is 2.67. The van der Waals surface area contributed by atoms with Gasteiger partial charge in [0, 0.05) is 0 Å². The van der Waals surface area contributed by atoms with E-state index in [1.165, 1.54) is 0 Å². The number of ether oxygens (including phenoxy) is 3. The van der Waals surface area contributed by atoms with Crippen LogP contribution in [0.4, 0.5) is 0 Å². The van der Waals surface area contributed by atoms with Crippen molar-refractivity contribution in [3.63, 3.8) is 0 Å². The van der Waals surface area contributed by atoms with Crippen LogP contribution in [0.25, 0.3) is 0 Å². The van der Waals surface area contributed by atoms with Crippen molar-refractivity contribution in [3.8, 4) is 17.2 Å². The number of carbonyl (C=O) groups is 1. The molecular weight excluding hydrogens is 330 g/mol. The van der Waals surface area contributed by atoms with Crippen LogP contribution >= 0.6 is 0 Å². The number of carbonyl (C=O) groups excluding carboxylic acids is 1. The van der Waals surface area contributed by atoms with Crippen LogP contribution in [0.1, 0.15) is 37.9 Å². The van der Waals surface area contributed by atoms with Crippen molar-refractivity contribution in [2.24, 2.45) is 0 Å². The van der Waals surface area contributed by atoms with Crippen LogP contribution in [0.5, 0.6) is 17.2 Å². The van der Waals surface area contributed by atoms with Gasteiger partial charge in [-0.15, -0.1) is 0 Å². The highest BCUT2D eigenvalue weighted by atomic mass is 16.5. The first kappa shape index (κ1) is 19.6. The van der Waals surface area contributed by atoms with Crippen LogP contribution in [0.2, 0.25) is 0 Å². The predicted octanol–water partition coefficient (Wildman–Crippen LogP) is 3.91. The monoisotopic (exact) mass is 357 g/mol. The van der Waals surface area contributed by atoms with Gasteiger partial charge in [0.2, 0.25) is 0 Å². The van der Waals surface area contributed by atoms with E-state index in [-0.39, 0.29) is 11.9 Å². The Bertz CT molecular complexity index is 745. The fraction of sp³-hybridized carbons (Fsp3) is 0.381. The Hall–Kier alpha value is -2.69. The zero-order valence-electron chi connectivity index (χ0n) is 16.0. The standard InChI is InChI=1S/C21H27NO4/c1-6-16-9-7-8-10-18(16)26-15(3)21(23)22-14(2)17-11-12-19(24-4)20(13-17)25-5/h7-15H,6H2,1-5H3,(H,22,23)/t14-,15-/m1/s1. The second kappa shape index (κ2) is 9.13. The summed E-state index contributed by atoms with van der Waals surface area (Å²) in [5.74, 6) is 1.87. The van der Waals surface area contributed by atoms with E-state index in [2.05, 4.69) is 12.2 Å². The summed E-state index contributed by atoms with van der Waals surface area (Å²) in [6, 6.07) is 13.2. The van der Waals surface area contributed by atoms with Crippen LogP contribution in [0.15, 0.2) is 42.5 Å². The molecule has 5 nitrogen and oxygen atoms in total. The predicted molar refractivity (Wildman–Crippen MR) is 102 cm³/mol. The van der Waals surface area contributed by atoms with Crippen LogP contribution in [0, 0.1) is 0 Å². The van der Waals surface area contributed by atoms with E-state index in [1.54, 1.807) is 21.1 Å². The van der Waals surface area contributed by atoms with E-state index in [0.717, 1.165) is 23.3 Å². The maximum Gasteiger partial charge on any atom is 0.261 e. The molecule has 0 spiro atoms. The number of amides is 1. The van der Waals surface area contributed by atoms with Gasteiger partial charge in [-0.1, -0.05) is 31.2 Å². The SMILES string of the molecule is CCc1ccccc1O[C@H](C)C(=O)N[C@H](C)c1ccc(OC)c(OC)c1. The fourth-order valence-electron chi connectivity index (χ4n) is 2.69. The molecule has 1 amide bonds. The molecule has 140 valence electrons. The van der Waals surface area contributed by atoms with E-state index in [4.69, 9.17) is 14.2 Å². The summed E-state index contributed by atoms with van der Waals surface area (Å²) in [6.07, 6.45) is 0.261. The number of hydrogen-bond donors (Lipinski definition) is 1. The van der Waals surface area contributed by atoms with Crippen molar-refractivity contribution in [1.82, 2.24) is 5.32 Å². The number of para-hydroxylation sites is 1. The molecule has 0 radical (unpaired) electrons. The Balaban J connectivity index is 2.04. The second-order valence-corrected chi connectivity index (χ2v) is 6.07. The molecule has 0 fully saturated rings. The summed E-state index contributed by atoms with van der Waals surface area (Å²) in [4.78, 5) is 12.5. The molecule has 0 bridgehead atoms. The van der Waals surface area contributed by atoms with Crippen molar-refractivity contribution in [2.45, 2.75) is 39.3 Å². The summed E-state index contributed by atoms with van der Waals surface area (Å²) < 4.78 is 16.4. The molecule has 1 N–H and O–H groups in total. The maximum atomic E-state index is 12.5. The van der Waals surface area contributed by atoms with E-state index in [9.17, 15) is 4.79 Å². The fourth-order valence-corrected chi connectivity index (χ4v) is 2.69. The Morgan fingerprint density at radius 1 is 1.00 bits per heavy atom. The van der Waals surface area contributed by atoms with Crippen LogP contribution < -0.4 is 19.5 Å². The topological polar surface area (TPSA) is 56.8 Å². The third kappa shape index (κ3) is 4.69.